The predicted octanol–water partition coefficient (Wildman–Crippen LogP) is 2.74. The van der Waals surface area contributed by atoms with E-state index >= 15 is 0 Å². The van der Waals surface area contributed by atoms with Crippen LogP contribution in [0.3, 0.4) is 0 Å². The van der Waals surface area contributed by atoms with Gasteiger partial charge in [0.15, 0.2) is 0 Å². The van der Waals surface area contributed by atoms with Crippen molar-refractivity contribution in [1.82, 2.24) is 4.90 Å². The zero-order valence-corrected chi connectivity index (χ0v) is 12.2. The predicted molar refractivity (Wildman–Crippen MR) is 84.6 cm³/mol. The van der Waals surface area contributed by atoms with Gasteiger partial charge >= 0.3 is 0 Å². The number of amides is 1. The molecule has 112 valence electrons. The minimum atomic E-state index is -0.0214. The van der Waals surface area contributed by atoms with Crippen molar-refractivity contribution < 1.29 is 15.0 Å². The molecular weight excluding hydrogens is 278 g/mol. The Balaban J connectivity index is 1.99. The van der Waals surface area contributed by atoms with E-state index in [-0.39, 0.29) is 23.3 Å². The summed E-state index contributed by atoms with van der Waals surface area (Å²) in [4.78, 5) is 14.1. The first kappa shape index (κ1) is 14.2. The van der Waals surface area contributed by atoms with Gasteiger partial charge in [-0.1, -0.05) is 24.3 Å². The number of likely N-dealkylation sites (N-methyl/N-ethyl adjacent to an activating group) is 1. The average Bonchev–Trinajstić information content (AvgIpc) is 2.79. The van der Waals surface area contributed by atoms with Gasteiger partial charge in [-0.3, -0.25) is 4.79 Å². The van der Waals surface area contributed by atoms with Crippen LogP contribution in [0.25, 0.3) is 6.08 Å². The van der Waals surface area contributed by atoms with Crippen LogP contribution in [0.2, 0.25) is 0 Å². The largest absolute Gasteiger partial charge is 0.508 e. The molecule has 1 aliphatic heterocycles. The highest BCUT2D eigenvalue weighted by molar-refractivity contribution is 6.01. The van der Waals surface area contributed by atoms with Gasteiger partial charge in [0.2, 0.25) is 5.91 Å². The lowest BCUT2D eigenvalue weighted by Gasteiger charge is -2.11. The Bertz CT molecular complexity index is 717. The summed E-state index contributed by atoms with van der Waals surface area (Å²) in [6, 6.07) is 13.7. The lowest BCUT2D eigenvalue weighted by molar-refractivity contribution is -0.123. The summed E-state index contributed by atoms with van der Waals surface area (Å²) in [7, 11) is 1.79. The second kappa shape index (κ2) is 5.56. The number of carbonyl (C=O) groups excluding carboxylic acids is 1. The van der Waals surface area contributed by atoms with Crippen molar-refractivity contribution in [1.29, 1.82) is 0 Å². The fourth-order valence-corrected chi connectivity index (χ4v) is 2.73. The van der Waals surface area contributed by atoms with Crippen LogP contribution in [0.4, 0.5) is 0 Å². The molecular formula is C18H17NO3. The molecule has 0 aliphatic carbocycles. The van der Waals surface area contributed by atoms with Crippen LogP contribution in [-0.4, -0.2) is 34.6 Å². The first-order valence-corrected chi connectivity index (χ1v) is 7.09. The van der Waals surface area contributed by atoms with Crippen LogP contribution < -0.4 is 0 Å². The lowest BCUT2D eigenvalue weighted by atomic mass is 9.92. The van der Waals surface area contributed by atoms with E-state index in [2.05, 4.69) is 0 Å². The van der Waals surface area contributed by atoms with Crippen molar-refractivity contribution >= 4 is 12.0 Å². The molecule has 1 heterocycles. The smallest absolute Gasteiger partial charge is 0.250 e. The van der Waals surface area contributed by atoms with Crippen molar-refractivity contribution in [2.45, 2.75) is 5.92 Å². The van der Waals surface area contributed by atoms with Gasteiger partial charge in [0.1, 0.15) is 11.5 Å². The SMILES string of the molecule is CN1CC(c2ccc(O)cc2)/C(=C/c2ccc(O)cc2)C1=O. The molecule has 22 heavy (non-hydrogen) atoms. The quantitative estimate of drug-likeness (QED) is 0.837. The Labute approximate surface area is 128 Å². The average molecular weight is 295 g/mol. The molecule has 2 aromatic carbocycles. The summed E-state index contributed by atoms with van der Waals surface area (Å²) in [5.41, 5.74) is 2.60. The van der Waals surface area contributed by atoms with E-state index in [9.17, 15) is 15.0 Å². The maximum absolute atomic E-state index is 12.4. The fraction of sp³-hybridized carbons (Fsp3) is 0.167. The van der Waals surface area contributed by atoms with Crippen molar-refractivity contribution in [2.75, 3.05) is 13.6 Å². The highest BCUT2D eigenvalue weighted by Crippen LogP contribution is 2.34. The summed E-state index contributed by atoms with van der Waals surface area (Å²) in [6.07, 6.45) is 1.86. The Morgan fingerprint density at radius 3 is 2.14 bits per heavy atom. The van der Waals surface area contributed by atoms with Crippen molar-refractivity contribution in [3.05, 3.63) is 65.2 Å². The van der Waals surface area contributed by atoms with Crippen LogP contribution in [0.5, 0.6) is 11.5 Å². The van der Waals surface area contributed by atoms with Crippen LogP contribution in [0.1, 0.15) is 17.0 Å². The van der Waals surface area contributed by atoms with Crippen LogP contribution >= 0.6 is 0 Å². The zero-order chi connectivity index (χ0) is 15.7. The summed E-state index contributed by atoms with van der Waals surface area (Å²) in [5, 5.41) is 18.8. The molecule has 1 saturated heterocycles. The monoisotopic (exact) mass is 295 g/mol. The molecule has 0 bridgehead atoms. The van der Waals surface area contributed by atoms with E-state index < -0.39 is 0 Å². The molecule has 0 saturated carbocycles. The van der Waals surface area contributed by atoms with Gasteiger partial charge in [0.05, 0.1) is 0 Å². The van der Waals surface area contributed by atoms with Gasteiger partial charge < -0.3 is 15.1 Å². The molecule has 3 rings (SSSR count). The van der Waals surface area contributed by atoms with Gasteiger partial charge in [-0.15, -0.1) is 0 Å². The Hall–Kier alpha value is -2.75. The molecule has 0 spiro atoms. The van der Waals surface area contributed by atoms with E-state index in [1.165, 1.54) is 0 Å². The minimum Gasteiger partial charge on any atom is -0.508 e. The van der Waals surface area contributed by atoms with E-state index in [0.717, 1.165) is 16.7 Å². The van der Waals surface area contributed by atoms with Crippen LogP contribution in [0, 0.1) is 0 Å². The van der Waals surface area contributed by atoms with Gasteiger partial charge in [-0.2, -0.15) is 0 Å². The number of likely N-dealkylation sites (tertiary alicyclic amines) is 1. The third-order valence-corrected chi connectivity index (χ3v) is 3.94. The number of benzene rings is 2. The molecule has 2 N–H and O–H groups in total. The number of hydrogen-bond acceptors (Lipinski definition) is 3. The maximum Gasteiger partial charge on any atom is 0.250 e. The Morgan fingerprint density at radius 2 is 1.55 bits per heavy atom. The molecule has 2 aromatic rings. The van der Waals surface area contributed by atoms with E-state index in [0.29, 0.717) is 6.54 Å². The molecule has 1 amide bonds. The second-order valence-electron chi connectivity index (χ2n) is 5.52. The highest BCUT2D eigenvalue weighted by Gasteiger charge is 2.33. The normalized spacial score (nSPS) is 19.9. The van der Waals surface area contributed by atoms with E-state index in [1.807, 2.05) is 18.2 Å². The van der Waals surface area contributed by atoms with Gasteiger partial charge in [0.25, 0.3) is 0 Å². The zero-order valence-electron chi connectivity index (χ0n) is 12.2. The second-order valence-corrected chi connectivity index (χ2v) is 5.52. The van der Waals surface area contributed by atoms with Crippen molar-refractivity contribution in [2.24, 2.45) is 0 Å². The molecule has 4 nitrogen and oxygen atoms in total. The number of nitrogens with zero attached hydrogens (tertiary/aromatic N) is 1. The summed E-state index contributed by atoms with van der Waals surface area (Å²) >= 11 is 0. The van der Waals surface area contributed by atoms with Crippen LogP contribution in [0.15, 0.2) is 54.1 Å². The van der Waals surface area contributed by atoms with E-state index in [1.54, 1.807) is 48.3 Å². The molecule has 1 aliphatic rings. The van der Waals surface area contributed by atoms with Crippen molar-refractivity contribution in [3.8, 4) is 11.5 Å². The van der Waals surface area contributed by atoms with Crippen LogP contribution in [-0.2, 0) is 4.79 Å². The third-order valence-electron chi connectivity index (χ3n) is 3.94. The van der Waals surface area contributed by atoms with Gasteiger partial charge in [-0.05, 0) is 41.5 Å². The Morgan fingerprint density at radius 1 is 1.00 bits per heavy atom. The molecule has 1 unspecified atom stereocenters. The standard InChI is InChI=1S/C18H17NO3/c1-19-11-17(13-4-8-15(21)9-5-13)16(18(19)22)10-12-2-6-14(20)7-3-12/h2-10,17,20-21H,11H2,1H3/b16-10-. The summed E-state index contributed by atoms with van der Waals surface area (Å²) in [5.74, 6) is 0.399. The highest BCUT2D eigenvalue weighted by atomic mass is 16.3. The lowest BCUT2D eigenvalue weighted by Crippen LogP contribution is -2.19. The number of phenolic OH excluding ortho intramolecular Hbond substituents is 2. The number of carbonyl (C=O) groups is 1. The topological polar surface area (TPSA) is 60.8 Å². The van der Waals surface area contributed by atoms with Crippen molar-refractivity contribution in [3.63, 3.8) is 0 Å². The first-order valence-electron chi connectivity index (χ1n) is 7.09. The number of hydrogen-bond donors (Lipinski definition) is 2. The third kappa shape index (κ3) is 2.68. The molecule has 0 aromatic heterocycles. The summed E-state index contributed by atoms with van der Waals surface area (Å²) < 4.78 is 0. The van der Waals surface area contributed by atoms with E-state index in [4.69, 9.17) is 0 Å². The number of phenols is 2. The minimum absolute atomic E-state index is 0.00569. The molecule has 1 fully saturated rings. The van der Waals surface area contributed by atoms with Gasteiger partial charge in [0, 0.05) is 25.1 Å². The maximum atomic E-state index is 12.4. The summed E-state index contributed by atoms with van der Waals surface area (Å²) in [6.45, 7) is 0.619. The number of aromatic hydroxyl groups is 2. The van der Waals surface area contributed by atoms with Gasteiger partial charge in [-0.25, -0.2) is 0 Å². The number of rotatable bonds is 2. The Kier molecular flexibility index (Phi) is 3.59. The molecule has 4 heteroatoms. The first-order chi connectivity index (χ1) is 10.5. The molecule has 0 radical (unpaired) electrons. The molecule has 1 atom stereocenters. The fourth-order valence-electron chi connectivity index (χ4n) is 2.73.